The standard InChI is InChI=1S/C13H14BrNO2/c14-10-3-1-9(2-4-10)13(17)15-11-5-7-12(16)8-6-11/h1-4,11H,5-8H2,(H,15,17). The average Bonchev–Trinajstić information content (AvgIpc) is 2.33. The first-order valence-electron chi connectivity index (χ1n) is 5.73. The van der Waals surface area contributed by atoms with Crippen LogP contribution in [0.3, 0.4) is 0 Å². The monoisotopic (exact) mass is 295 g/mol. The van der Waals surface area contributed by atoms with Gasteiger partial charge in [-0.3, -0.25) is 9.59 Å². The van der Waals surface area contributed by atoms with E-state index in [0.717, 1.165) is 17.3 Å². The summed E-state index contributed by atoms with van der Waals surface area (Å²) in [7, 11) is 0. The van der Waals surface area contributed by atoms with Gasteiger partial charge in [0.25, 0.3) is 5.91 Å². The Bertz CT molecular complexity index is 418. The van der Waals surface area contributed by atoms with Crippen LogP contribution in [-0.4, -0.2) is 17.7 Å². The largest absolute Gasteiger partial charge is 0.349 e. The van der Waals surface area contributed by atoms with Crippen molar-refractivity contribution in [2.24, 2.45) is 0 Å². The van der Waals surface area contributed by atoms with E-state index in [1.165, 1.54) is 0 Å². The first kappa shape index (κ1) is 12.3. The van der Waals surface area contributed by atoms with Gasteiger partial charge in [0.15, 0.2) is 0 Å². The van der Waals surface area contributed by atoms with Crippen LogP contribution in [-0.2, 0) is 4.79 Å². The van der Waals surface area contributed by atoms with Crippen molar-refractivity contribution < 1.29 is 9.59 Å². The lowest BCUT2D eigenvalue weighted by molar-refractivity contribution is -0.120. The highest BCUT2D eigenvalue weighted by Gasteiger charge is 2.20. The van der Waals surface area contributed by atoms with Gasteiger partial charge in [0.1, 0.15) is 5.78 Å². The van der Waals surface area contributed by atoms with Crippen LogP contribution in [0.2, 0.25) is 0 Å². The van der Waals surface area contributed by atoms with Crippen molar-refractivity contribution in [2.75, 3.05) is 0 Å². The third kappa shape index (κ3) is 3.40. The molecule has 0 aromatic heterocycles. The summed E-state index contributed by atoms with van der Waals surface area (Å²) in [6.45, 7) is 0. The zero-order valence-corrected chi connectivity index (χ0v) is 11.0. The van der Waals surface area contributed by atoms with Gasteiger partial charge in [-0.15, -0.1) is 0 Å². The topological polar surface area (TPSA) is 46.2 Å². The summed E-state index contributed by atoms with van der Waals surface area (Å²) in [5.41, 5.74) is 0.658. The van der Waals surface area contributed by atoms with Gasteiger partial charge >= 0.3 is 0 Å². The second-order valence-electron chi connectivity index (χ2n) is 4.29. The fraction of sp³-hybridized carbons (Fsp3) is 0.385. The van der Waals surface area contributed by atoms with E-state index in [1.807, 2.05) is 12.1 Å². The lowest BCUT2D eigenvalue weighted by Crippen LogP contribution is -2.37. The molecular formula is C13H14BrNO2. The van der Waals surface area contributed by atoms with Crippen LogP contribution in [0.1, 0.15) is 36.0 Å². The summed E-state index contributed by atoms with van der Waals surface area (Å²) in [4.78, 5) is 23.0. The molecule has 1 amide bonds. The van der Waals surface area contributed by atoms with Crippen LogP contribution < -0.4 is 5.32 Å². The lowest BCUT2D eigenvalue weighted by Gasteiger charge is -2.22. The molecule has 1 fully saturated rings. The van der Waals surface area contributed by atoms with Crippen molar-refractivity contribution in [1.29, 1.82) is 0 Å². The molecule has 1 aliphatic rings. The van der Waals surface area contributed by atoms with Gasteiger partial charge < -0.3 is 5.32 Å². The molecule has 1 saturated carbocycles. The molecular weight excluding hydrogens is 282 g/mol. The summed E-state index contributed by atoms with van der Waals surface area (Å²) in [6.07, 6.45) is 2.71. The molecule has 0 radical (unpaired) electrons. The Hall–Kier alpha value is -1.16. The number of ketones is 1. The van der Waals surface area contributed by atoms with Crippen LogP contribution >= 0.6 is 15.9 Å². The van der Waals surface area contributed by atoms with E-state index in [9.17, 15) is 9.59 Å². The number of nitrogens with one attached hydrogen (secondary N) is 1. The molecule has 0 spiro atoms. The van der Waals surface area contributed by atoms with Crippen LogP contribution in [0.25, 0.3) is 0 Å². The fourth-order valence-corrected chi connectivity index (χ4v) is 2.22. The number of hydrogen-bond acceptors (Lipinski definition) is 2. The molecule has 0 heterocycles. The Morgan fingerprint density at radius 3 is 2.35 bits per heavy atom. The minimum absolute atomic E-state index is 0.0585. The predicted molar refractivity (Wildman–Crippen MR) is 68.9 cm³/mol. The van der Waals surface area contributed by atoms with Crippen molar-refractivity contribution >= 4 is 27.6 Å². The van der Waals surface area contributed by atoms with Gasteiger partial charge in [0, 0.05) is 28.9 Å². The molecule has 0 saturated heterocycles. The third-order valence-electron chi connectivity index (χ3n) is 2.98. The number of Topliss-reactive ketones (excluding diaryl/α,β-unsaturated/α-hetero) is 1. The molecule has 0 aliphatic heterocycles. The van der Waals surface area contributed by atoms with Crippen molar-refractivity contribution in [3.63, 3.8) is 0 Å². The molecule has 1 aromatic rings. The number of benzene rings is 1. The highest BCUT2D eigenvalue weighted by molar-refractivity contribution is 9.10. The van der Waals surface area contributed by atoms with Crippen molar-refractivity contribution in [3.8, 4) is 0 Å². The lowest BCUT2D eigenvalue weighted by atomic mass is 9.94. The van der Waals surface area contributed by atoms with Gasteiger partial charge in [0.2, 0.25) is 0 Å². The first-order valence-corrected chi connectivity index (χ1v) is 6.52. The average molecular weight is 296 g/mol. The summed E-state index contributed by atoms with van der Waals surface area (Å²) < 4.78 is 0.956. The molecule has 4 heteroatoms. The van der Waals surface area contributed by atoms with Crippen LogP contribution in [0, 0.1) is 0 Å². The summed E-state index contributed by atoms with van der Waals surface area (Å²) in [5, 5.41) is 2.97. The molecule has 0 atom stereocenters. The van der Waals surface area contributed by atoms with E-state index >= 15 is 0 Å². The van der Waals surface area contributed by atoms with Gasteiger partial charge in [-0.05, 0) is 37.1 Å². The third-order valence-corrected chi connectivity index (χ3v) is 3.51. The molecule has 1 aliphatic carbocycles. The second kappa shape index (κ2) is 5.45. The van der Waals surface area contributed by atoms with Crippen molar-refractivity contribution in [1.82, 2.24) is 5.32 Å². The predicted octanol–water partition coefficient (Wildman–Crippen LogP) is 2.69. The fourth-order valence-electron chi connectivity index (χ4n) is 1.95. The number of amides is 1. The van der Waals surface area contributed by atoms with E-state index in [1.54, 1.807) is 12.1 Å². The van der Waals surface area contributed by atoms with E-state index in [0.29, 0.717) is 24.2 Å². The molecule has 1 aromatic carbocycles. The van der Waals surface area contributed by atoms with E-state index < -0.39 is 0 Å². The maximum atomic E-state index is 11.9. The van der Waals surface area contributed by atoms with Gasteiger partial charge in [-0.2, -0.15) is 0 Å². The second-order valence-corrected chi connectivity index (χ2v) is 5.21. The van der Waals surface area contributed by atoms with E-state index in [-0.39, 0.29) is 11.9 Å². The summed E-state index contributed by atoms with van der Waals surface area (Å²) in [5.74, 6) is 0.246. The Kier molecular flexibility index (Phi) is 3.94. The van der Waals surface area contributed by atoms with Gasteiger partial charge in [-0.1, -0.05) is 15.9 Å². The minimum atomic E-state index is -0.0585. The number of rotatable bonds is 2. The highest BCUT2D eigenvalue weighted by Crippen LogP contribution is 2.16. The van der Waals surface area contributed by atoms with Crippen LogP contribution in [0.5, 0.6) is 0 Å². The molecule has 2 rings (SSSR count). The van der Waals surface area contributed by atoms with E-state index in [2.05, 4.69) is 21.2 Å². The summed E-state index contributed by atoms with van der Waals surface area (Å²) >= 11 is 3.33. The Balaban J connectivity index is 1.93. The Morgan fingerprint density at radius 2 is 1.76 bits per heavy atom. The van der Waals surface area contributed by atoms with E-state index in [4.69, 9.17) is 0 Å². The molecule has 0 unspecified atom stereocenters. The van der Waals surface area contributed by atoms with Crippen molar-refractivity contribution in [2.45, 2.75) is 31.7 Å². The number of hydrogen-bond donors (Lipinski definition) is 1. The van der Waals surface area contributed by atoms with Crippen molar-refractivity contribution in [3.05, 3.63) is 34.3 Å². The Labute approximate surface area is 109 Å². The Morgan fingerprint density at radius 1 is 1.18 bits per heavy atom. The molecule has 0 bridgehead atoms. The molecule has 17 heavy (non-hydrogen) atoms. The molecule has 1 N–H and O–H groups in total. The SMILES string of the molecule is O=C1CCC(NC(=O)c2ccc(Br)cc2)CC1. The maximum absolute atomic E-state index is 11.9. The maximum Gasteiger partial charge on any atom is 0.251 e. The van der Waals surface area contributed by atoms with Gasteiger partial charge in [0.05, 0.1) is 0 Å². The quantitative estimate of drug-likeness (QED) is 0.912. The zero-order chi connectivity index (χ0) is 12.3. The normalized spacial score (nSPS) is 16.9. The first-order chi connectivity index (χ1) is 8.15. The minimum Gasteiger partial charge on any atom is -0.349 e. The zero-order valence-electron chi connectivity index (χ0n) is 9.41. The summed E-state index contributed by atoms with van der Waals surface area (Å²) in [6, 6.07) is 7.41. The molecule has 90 valence electrons. The highest BCUT2D eigenvalue weighted by atomic mass is 79.9. The van der Waals surface area contributed by atoms with Crippen LogP contribution in [0.4, 0.5) is 0 Å². The smallest absolute Gasteiger partial charge is 0.251 e. The number of carbonyl (C=O) groups is 2. The van der Waals surface area contributed by atoms with Gasteiger partial charge in [-0.25, -0.2) is 0 Å². The van der Waals surface area contributed by atoms with Crippen LogP contribution in [0.15, 0.2) is 28.7 Å². The number of carbonyl (C=O) groups excluding carboxylic acids is 2. The number of halogens is 1. The molecule has 3 nitrogen and oxygen atoms in total.